The second kappa shape index (κ2) is 10.8. The number of nitrogens with zero attached hydrogens (tertiary/aromatic N) is 3. The summed E-state index contributed by atoms with van der Waals surface area (Å²) in [6, 6.07) is 8.89. The van der Waals surface area contributed by atoms with Crippen molar-refractivity contribution in [2.75, 3.05) is 6.54 Å². The van der Waals surface area contributed by atoms with E-state index in [9.17, 15) is 0 Å². The van der Waals surface area contributed by atoms with Crippen molar-refractivity contribution < 1.29 is 4.52 Å². The van der Waals surface area contributed by atoms with Gasteiger partial charge in [-0.05, 0) is 50.1 Å². The van der Waals surface area contributed by atoms with Crippen molar-refractivity contribution in [1.82, 2.24) is 20.0 Å². The number of hydrogen-bond donors (Lipinski definition) is 1. The predicted molar refractivity (Wildman–Crippen MR) is 120 cm³/mol. The number of aromatic nitrogens is 3. The van der Waals surface area contributed by atoms with Crippen molar-refractivity contribution in [2.45, 2.75) is 77.3 Å². The summed E-state index contributed by atoms with van der Waals surface area (Å²) in [6.45, 7) is 4.39. The minimum atomic E-state index is 0. The molecule has 1 aromatic carbocycles. The summed E-state index contributed by atoms with van der Waals surface area (Å²) in [4.78, 5) is 4.62. The molecule has 0 amide bonds. The molecule has 0 bridgehead atoms. The first-order chi connectivity index (χ1) is 13.8. The largest absolute Gasteiger partial charge is 0.347 e. The molecule has 5 nitrogen and oxygen atoms in total. The summed E-state index contributed by atoms with van der Waals surface area (Å²) in [5.74, 6) is 1.40. The van der Waals surface area contributed by atoms with E-state index in [2.05, 4.69) is 57.4 Å². The first-order valence-corrected chi connectivity index (χ1v) is 11.0. The topological polar surface area (TPSA) is 55.9 Å². The van der Waals surface area contributed by atoms with Crippen molar-refractivity contribution in [3.8, 4) is 11.4 Å². The maximum atomic E-state index is 5.49. The van der Waals surface area contributed by atoms with E-state index < -0.39 is 0 Å². The van der Waals surface area contributed by atoms with E-state index in [0.29, 0.717) is 11.7 Å². The number of fused-ring (bicyclic) bond motifs is 1. The number of aryl methyl sites for hydroxylation is 1. The zero-order chi connectivity index (χ0) is 19.2. The van der Waals surface area contributed by atoms with Gasteiger partial charge >= 0.3 is 0 Å². The molecular weight excluding hydrogens is 384 g/mol. The number of hydrogen-bond acceptors (Lipinski definition) is 4. The fourth-order valence-electron chi connectivity index (χ4n) is 4.16. The standard InChI is InChI=1S/C23H32N4O.ClH/c1-2-3-4-5-6-7-8-15-27-16-13-18-17-19(11-12-21(18)27)22-25-23(28-26-22)20-10-9-14-24-20;/h11-13,16-17,20,24H,2-10,14-15H2,1H3;1H/t20-;/m0./s1. The Hall–Kier alpha value is -1.85. The lowest BCUT2D eigenvalue weighted by molar-refractivity contribution is 0.345. The molecule has 3 aromatic rings. The Balaban J connectivity index is 0.00000240. The zero-order valence-corrected chi connectivity index (χ0v) is 18.2. The van der Waals surface area contributed by atoms with E-state index >= 15 is 0 Å². The molecule has 0 saturated carbocycles. The van der Waals surface area contributed by atoms with Crippen LogP contribution in [0.15, 0.2) is 35.0 Å². The van der Waals surface area contributed by atoms with Crippen LogP contribution in [-0.4, -0.2) is 21.3 Å². The highest BCUT2D eigenvalue weighted by Gasteiger charge is 2.22. The van der Waals surface area contributed by atoms with E-state index in [0.717, 1.165) is 25.1 Å². The molecule has 158 valence electrons. The van der Waals surface area contributed by atoms with Crippen LogP contribution in [-0.2, 0) is 6.54 Å². The average molecular weight is 417 g/mol. The highest BCUT2D eigenvalue weighted by Crippen LogP contribution is 2.27. The second-order valence-corrected chi connectivity index (χ2v) is 8.01. The van der Waals surface area contributed by atoms with Gasteiger partial charge in [-0.2, -0.15) is 4.98 Å². The van der Waals surface area contributed by atoms with Gasteiger partial charge in [0.1, 0.15) is 0 Å². The molecule has 1 atom stereocenters. The molecule has 6 heteroatoms. The number of unbranched alkanes of at least 4 members (excludes halogenated alkanes) is 6. The zero-order valence-electron chi connectivity index (χ0n) is 17.4. The minimum absolute atomic E-state index is 0. The van der Waals surface area contributed by atoms with Crippen molar-refractivity contribution in [3.05, 3.63) is 36.4 Å². The Bertz CT molecular complexity index is 882. The first kappa shape index (κ1) is 21.8. The smallest absolute Gasteiger partial charge is 0.244 e. The highest BCUT2D eigenvalue weighted by atomic mass is 35.5. The fourth-order valence-corrected chi connectivity index (χ4v) is 4.16. The summed E-state index contributed by atoms with van der Waals surface area (Å²) in [6.07, 6.45) is 13.8. The summed E-state index contributed by atoms with van der Waals surface area (Å²) in [5, 5.41) is 8.85. The molecule has 0 spiro atoms. The molecular formula is C23H33ClN4O. The average Bonchev–Trinajstić information content (AvgIpc) is 3.46. The number of benzene rings is 1. The van der Waals surface area contributed by atoms with Crippen LogP contribution in [0.3, 0.4) is 0 Å². The van der Waals surface area contributed by atoms with Gasteiger partial charge in [-0.25, -0.2) is 0 Å². The summed E-state index contributed by atoms with van der Waals surface area (Å²) in [7, 11) is 0. The molecule has 0 radical (unpaired) electrons. The van der Waals surface area contributed by atoms with Gasteiger partial charge in [0, 0.05) is 29.2 Å². The first-order valence-electron chi connectivity index (χ1n) is 11.0. The molecule has 0 unspecified atom stereocenters. The third kappa shape index (κ3) is 5.40. The summed E-state index contributed by atoms with van der Waals surface area (Å²) in [5.41, 5.74) is 2.31. The van der Waals surface area contributed by atoms with Gasteiger partial charge in [-0.15, -0.1) is 12.4 Å². The van der Waals surface area contributed by atoms with Crippen molar-refractivity contribution in [3.63, 3.8) is 0 Å². The number of halogens is 1. The van der Waals surface area contributed by atoms with E-state index in [4.69, 9.17) is 4.52 Å². The normalized spacial score (nSPS) is 16.4. The molecule has 1 aliphatic rings. The van der Waals surface area contributed by atoms with E-state index in [1.807, 2.05) is 0 Å². The SMILES string of the molecule is CCCCCCCCCn1ccc2cc(-c3noc([C@@H]4CCCN4)n3)ccc21.Cl. The Morgan fingerprint density at radius 2 is 1.93 bits per heavy atom. The monoisotopic (exact) mass is 416 g/mol. The molecule has 29 heavy (non-hydrogen) atoms. The molecule has 1 fully saturated rings. The maximum absolute atomic E-state index is 5.49. The van der Waals surface area contributed by atoms with Crippen LogP contribution in [0.4, 0.5) is 0 Å². The predicted octanol–water partition coefficient (Wildman–Crippen LogP) is 6.29. The lowest BCUT2D eigenvalue weighted by Crippen LogP contribution is -2.12. The molecule has 1 N–H and O–H groups in total. The Morgan fingerprint density at radius 3 is 2.72 bits per heavy atom. The highest BCUT2D eigenvalue weighted by molar-refractivity contribution is 5.85. The van der Waals surface area contributed by atoms with Gasteiger partial charge in [0.25, 0.3) is 0 Å². The van der Waals surface area contributed by atoms with Crippen LogP contribution in [0.25, 0.3) is 22.3 Å². The number of nitrogens with one attached hydrogen (secondary N) is 1. The van der Waals surface area contributed by atoms with Crippen molar-refractivity contribution in [2.24, 2.45) is 0 Å². The molecule has 1 saturated heterocycles. The fraction of sp³-hybridized carbons (Fsp3) is 0.565. The molecule has 0 aliphatic carbocycles. The molecule has 2 aromatic heterocycles. The van der Waals surface area contributed by atoms with Crippen molar-refractivity contribution >= 4 is 23.3 Å². The lowest BCUT2D eigenvalue weighted by atomic mass is 10.1. The second-order valence-electron chi connectivity index (χ2n) is 8.01. The van der Waals surface area contributed by atoms with Gasteiger partial charge in [0.15, 0.2) is 0 Å². The van der Waals surface area contributed by atoms with E-state index in [-0.39, 0.29) is 18.4 Å². The Labute approximate surface area is 179 Å². The van der Waals surface area contributed by atoms with Gasteiger partial charge in [-0.1, -0.05) is 50.6 Å². The lowest BCUT2D eigenvalue weighted by Gasteiger charge is -2.06. The number of rotatable bonds is 10. The van der Waals surface area contributed by atoms with Crippen LogP contribution >= 0.6 is 12.4 Å². The third-order valence-corrected chi connectivity index (χ3v) is 5.83. The Kier molecular flexibility index (Phi) is 8.13. The summed E-state index contributed by atoms with van der Waals surface area (Å²) < 4.78 is 7.86. The van der Waals surface area contributed by atoms with Crippen LogP contribution in [0.2, 0.25) is 0 Å². The quantitative estimate of drug-likeness (QED) is 0.394. The van der Waals surface area contributed by atoms with E-state index in [1.54, 1.807) is 0 Å². The van der Waals surface area contributed by atoms with E-state index in [1.165, 1.54) is 62.3 Å². The maximum Gasteiger partial charge on any atom is 0.244 e. The van der Waals surface area contributed by atoms with Gasteiger partial charge in [0.05, 0.1) is 6.04 Å². The van der Waals surface area contributed by atoms with Crippen LogP contribution in [0.5, 0.6) is 0 Å². The van der Waals surface area contributed by atoms with Gasteiger partial charge < -0.3 is 14.4 Å². The molecule has 4 rings (SSSR count). The molecule has 1 aliphatic heterocycles. The van der Waals surface area contributed by atoms with Gasteiger partial charge in [0.2, 0.25) is 11.7 Å². The minimum Gasteiger partial charge on any atom is -0.347 e. The summed E-state index contributed by atoms with van der Waals surface area (Å²) >= 11 is 0. The Morgan fingerprint density at radius 1 is 1.10 bits per heavy atom. The van der Waals surface area contributed by atoms with Crippen LogP contribution < -0.4 is 5.32 Å². The van der Waals surface area contributed by atoms with Crippen molar-refractivity contribution in [1.29, 1.82) is 0 Å². The van der Waals surface area contributed by atoms with Crippen LogP contribution in [0.1, 0.15) is 76.6 Å². The van der Waals surface area contributed by atoms with Crippen LogP contribution in [0, 0.1) is 0 Å². The molecule has 3 heterocycles. The van der Waals surface area contributed by atoms with Gasteiger partial charge in [-0.3, -0.25) is 0 Å². The third-order valence-electron chi connectivity index (χ3n) is 5.83.